The molecule has 1 unspecified atom stereocenters. The van der Waals surface area contributed by atoms with Gasteiger partial charge in [-0.1, -0.05) is 61.4 Å². The predicted octanol–water partition coefficient (Wildman–Crippen LogP) is 6.76. The quantitative estimate of drug-likeness (QED) is 0.201. The highest BCUT2D eigenvalue weighted by atomic mass is 16.5. The van der Waals surface area contributed by atoms with Crippen molar-refractivity contribution in [3.8, 4) is 28.5 Å². The average molecular weight is 540 g/mol. The van der Waals surface area contributed by atoms with Crippen molar-refractivity contribution in [1.82, 2.24) is 15.1 Å². The van der Waals surface area contributed by atoms with Crippen LogP contribution in [-0.4, -0.2) is 47.9 Å². The number of aryl methyl sites for hydroxylation is 1. The lowest BCUT2D eigenvalue weighted by Crippen LogP contribution is -2.31. The largest absolute Gasteiger partial charge is 0.497 e. The molecule has 0 bridgehead atoms. The zero-order valence-electron chi connectivity index (χ0n) is 23.7. The highest BCUT2D eigenvalue weighted by Crippen LogP contribution is 2.44. The molecule has 40 heavy (non-hydrogen) atoms. The van der Waals surface area contributed by atoms with Gasteiger partial charge in [-0.05, 0) is 62.1 Å². The van der Waals surface area contributed by atoms with E-state index in [2.05, 4.69) is 48.3 Å². The van der Waals surface area contributed by atoms with Crippen LogP contribution in [0, 0.1) is 6.92 Å². The second-order valence-electron chi connectivity index (χ2n) is 10.1. The number of aromatic amines is 1. The van der Waals surface area contributed by atoms with E-state index in [0.717, 1.165) is 52.3 Å². The molecule has 4 aromatic rings. The first-order valence-corrected chi connectivity index (χ1v) is 14.0. The second-order valence-corrected chi connectivity index (χ2v) is 10.1. The molecule has 0 spiro atoms. The summed E-state index contributed by atoms with van der Waals surface area (Å²) in [4.78, 5) is 15.8. The molecule has 1 amide bonds. The van der Waals surface area contributed by atoms with Gasteiger partial charge in [0.15, 0.2) is 11.5 Å². The topological polar surface area (TPSA) is 76.7 Å². The fourth-order valence-corrected chi connectivity index (χ4v) is 5.16. The van der Waals surface area contributed by atoms with Gasteiger partial charge in [-0.3, -0.25) is 9.89 Å². The molecule has 3 aromatic carbocycles. The van der Waals surface area contributed by atoms with Gasteiger partial charge in [0.25, 0.3) is 5.91 Å². The Morgan fingerprint density at radius 1 is 0.950 bits per heavy atom. The molecular weight excluding hydrogens is 502 g/mol. The lowest BCUT2D eigenvalue weighted by Gasteiger charge is -2.27. The number of hydrogen-bond acceptors (Lipinski definition) is 5. The number of carbonyl (C=O) groups excluding carboxylic acids is 1. The lowest BCUT2D eigenvalue weighted by molar-refractivity contribution is 0.0745. The van der Waals surface area contributed by atoms with Crippen molar-refractivity contribution in [3.05, 3.63) is 94.7 Å². The van der Waals surface area contributed by atoms with Crippen molar-refractivity contribution in [2.75, 3.05) is 26.9 Å². The van der Waals surface area contributed by atoms with Crippen LogP contribution in [0.2, 0.25) is 0 Å². The summed E-state index contributed by atoms with van der Waals surface area (Å²) in [6.07, 6.45) is 2.74. The van der Waals surface area contributed by atoms with Crippen LogP contribution in [0.25, 0.3) is 11.3 Å². The number of benzene rings is 3. The van der Waals surface area contributed by atoms with Crippen LogP contribution in [0.3, 0.4) is 0 Å². The summed E-state index contributed by atoms with van der Waals surface area (Å²) in [6.45, 7) is 7.86. The Labute approximate surface area is 236 Å². The van der Waals surface area contributed by atoms with E-state index in [-0.39, 0.29) is 11.9 Å². The van der Waals surface area contributed by atoms with Crippen LogP contribution in [0.1, 0.15) is 65.5 Å². The maximum atomic E-state index is 13.8. The van der Waals surface area contributed by atoms with Gasteiger partial charge in [-0.25, -0.2) is 0 Å². The number of rotatable bonds is 12. The Balaban J connectivity index is 1.54. The van der Waals surface area contributed by atoms with E-state index >= 15 is 0 Å². The minimum Gasteiger partial charge on any atom is -0.497 e. The molecule has 1 aliphatic heterocycles. The third-order valence-corrected chi connectivity index (χ3v) is 7.33. The summed E-state index contributed by atoms with van der Waals surface area (Å²) >= 11 is 0. The first-order chi connectivity index (χ1) is 19.5. The van der Waals surface area contributed by atoms with Crippen LogP contribution in [-0.2, 0) is 6.42 Å². The van der Waals surface area contributed by atoms with Gasteiger partial charge in [0.05, 0.1) is 32.1 Å². The number of nitrogens with one attached hydrogen (secondary N) is 1. The van der Waals surface area contributed by atoms with Gasteiger partial charge in [-0.2, -0.15) is 5.10 Å². The Morgan fingerprint density at radius 2 is 1.73 bits per heavy atom. The van der Waals surface area contributed by atoms with Gasteiger partial charge < -0.3 is 19.1 Å². The smallest absolute Gasteiger partial charge is 0.273 e. The van der Waals surface area contributed by atoms with E-state index in [1.807, 2.05) is 54.3 Å². The summed E-state index contributed by atoms with van der Waals surface area (Å²) < 4.78 is 17.4. The number of ether oxygens (including phenoxy) is 3. The number of unbranched alkanes of at least 4 members (excludes halogenated alkanes) is 1. The number of H-pyrrole nitrogens is 1. The van der Waals surface area contributed by atoms with Crippen LogP contribution in [0.4, 0.5) is 0 Å². The van der Waals surface area contributed by atoms with Gasteiger partial charge >= 0.3 is 0 Å². The normalized spacial score (nSPS) is 14.3. The van der Waals surface area contributed by atoms with E-state index in [1.165, 1.54) is 5.56 Å². The van der Waals surface area contributed by atoms with Crippen LogP contribution in [0.15, 0.2) is 66.7 Å². The van der Waals surface area contributed by atoms with E-state index in [4.69, 9.17) is 14.2 Å². The maximum absolute atomic E-state index is 13.8. The molecular formula is C33H37N3O4. The first-order valence-electron chi connectivity index (χ1n) is 14.0. The van der Waals surface area contributed by atoms with Crippen LogP contribution >= 0.6 is 0 Å². The van der Waals surface area contributed by atoms with E-state index in [1.54, 1.807) is 7.11 Å². The van der Waals surface area contributed by atoms with Crippen molar-refractivity contribution >= 4 is 5.91 Å². The zero-order valence-corrected chi connectivity index (χ0v) is 23.7. The molecule has 1 atom stereocenters. The van der Waals surface area contributed by atoms with Crippen molar-refractivity contribution in [1.29, 1.82) is 0 Å². The van der Waals surface area contributed by atoms with Gasteiger partial charge in [0.2, 0.25) is 0 Å². The monoisotopic (exact) mass is 539 g/mol. The number of hydrogen-bond donors (Lipinski definition) is 1. The molecule has 1 N–H and O–H groups in total. The average Bonchev–Trinajstić information content (AvgIpc) is 3.52. The fourth-order valence-electron chi connectivity index (χ4n) is 5.16. The van der Waals surface area contributed by atoms with Gasteiger partial charge in [0.1, 0.15) is 11.4 Å². The third-order valence-electron chi connectivity index (χ3n) is 7.33. The van der Waals surface area contributed by atoms with Crippen molar-refractivity contribution in [2.24, 2.45) is 0 Å². The molecule has 7 nitrogen and oxygen atoms in total. The van der Waals surface area contributed by atoms with E-state index in [9.17, 15) is 4.79 Å². The van der Waals surface area contributed by atoms with Gasteiger partial charge in [0, 0.05) is 17.7 Å². The van der Waals surface area contributed by atoms with Crippen molar-refractivity contribution in [3.63, 3.8) is 0 Å². The zero-order chi connectivity index (χ0) is 28.1. The molecule has 1 aromatic heterocycles. The minimum absolute atomic E-state index is 0.0550. The van der Waals surface area contributed by atoms with E-state index in [0.29, 0.717) is 37.6 Å². The van der Waals surface area contributed by atoms with E-state index < -0.39 is 0 Å². The highest BCUT2D eigenvalue weighted by molar-refractivity contribution is 6.00. The van der Waals surface area contributed by atoms with Crippen LogP contribution < -0.4 is 14.2 Å². The Bertz CT molecular complexity index is 1440. The minimum atomic E-state index is -0.320. The van der Waals surface area contributed by atoms with Gasteiger partial charge in [-0.15, -0.1) is 0 Å². The Kier molecular flexibility index (Phi) is 8.39. The molecule has 0 aliphatic carbocycles. The molecule has 0 radical (unpaired) electrons. The number of aromatic nitrogens is 2. The van der Waals surface area contributed by atoms with Crippen molar-refractivity contribution in [2.45, 2.75) is 46.1 Å². The molecule has 0 saturated heterocycles. The second kappa shape index (κ2) is 12.3. The number of carbonyl (C=O) groups is 1. The van der Waals surface area contributed by atoms with Crippen LogP contribution in [0.5, 0.6) is 17.2 Å². The molecule has 5 rings (SSSR count). The predicted molar refractivity (Wildman–Crippen MR) is 156 cm³/mol. The van der Waals surface area contributed by atoms with Crippen molar-refractivity contribution < 1.29 is 19.0 Å². The highest BCUT2D eigenvalue weighted by Gasteiger charge is 2.42. The summed E-state index contributed by atoms with van der Waals surface area (Å²) in [6, 6.07) is 22.0. The summed E-state index contributed by atoms with van der Waals surface area (Å²) in [5.74, 6) is 2.17. The SMILES string of the molecule is CCCCOc1ccc(C2c3c(-c4ccc(C)cc4)n[nH]c3C(=O)N2CCc2ccc(OC)cc2)cc1OCC. The number of fused-ring (bicyclic) bond motifs is 1. The molecule has 0 fully saturated rings. The summed E-state index contributed by atoms with van der Waals surface area (Å²) in [5, 5.41) is 7.68. The lowest BCUT2D eigenvalue weighted by atomic mass is 9.95. The Morgan fingerprint density at radius 3 is 2.42 bits per heavy atom. The summed E-state index contributed by atoms with van der Waals surface area (Å²) in [7, 11) is 1.66. The number of methoxy groups -OCH3 is 1. The fraction of sp³-hybridized carbons (Fsp3) is 0.333. The number of nitrogens with zero attached hydrogens (tertiary/aromatic N) is 2. The molecule has 208 valence electrons. The molecule has 2 heterocycles. The third kappa shape index (κ3) is 5.55. The standard InChI is InChI=1S/C33H37N3O4/c1-5-7-20-40-27-17-14-25(21-28(27)39-6-2)32-29-30(24-12-8-22(3)9-13-24)34-35-31(29)33(37)36(32)19-18-23-10-15-26(38-4)16-11-23/h8-17,21,32H,5-7,18-20H2,1-4H3,(H,34,35). The molecule has 0 saturated carbocycles. The maximum Gasteiger partial charge on any atom is 0.273 e. The molecule has 1 aliphatic rings. The Hall–Kier alpha value is -4.26. The molecule has 7 heteroatoms. The number of amides is 1. The first kappa shape index (κ1) is 27.3. The summed E-state index contributed by atoms with van der Waals surface area (Å²) in [5.41, 5.74) is 6.47.